The quantitative estimate of drug-likeness (QED) is 0.0764. The Morgan fingerprint density at radius 3 is 2.11 bits per heavy atom. The monoisotopic (exact) mass is 649 g/mol. The number of esters is 1. The largest absolute Gasteiger partial charge is 0.463 e. The van der Waals surface area contributed by atoms with E-state index in [-0.39, 0.29) is 19.2 Å². The van der Waals surface area contributed by atoms with Gasteiger partial charge in [-0.2, -0.15) is 0 Å². The van der Waals surface area contributed by atoms with E-state index in [0.29, 0.717) is 13.0 Å². The number of rotatable bonds is 21. The van der Waals surface area contributed by atoms with Gasteiger partial charge in [0, 0.05) is 13.0 Å². The van der Waals surface area contributed by atoms with Gasteiger partial charge in [0.1, 0.15) is 12.7 Å². The lowest BCUT2D eigenvalue weighted by molar-refractivity contribution is -0.149. The molecular weight excluding hydrogens is 580 g/mol. The summed E-state index contributed by atoms with van der Waals surface area (Å²) in [6.45, 7) is 0.717. The molecule has 0 amide bonds. The Hall–Kier alpha value is -1.39. The van der Waals surface area contributed by atoms with E-state index in [1.54, 1.807) is 0 Å². The fourth-order valence-corrected chi connectivity index (χ4v) is 11.1. The van der Waals surface area contributed by atoms with Gasteiger partial charge in [0.25, 0.3) is 0 Å². The van der Waals surface area contributed by atoms with Crippen molar-refractivity contribution in [3.05, 3.63) is 36.5 Å². The Balaban J connectivity index is 0.696. The molecule has 0 bridgehead atoms. The topological polar surface area (TPSA) is 55.8 Å². The van der Waals surface area contributed by atoms with E-state index in [4.69, 9.17) is 9.47 Å². The first kappa shape index (κ1) is 35.4. The zero-order chi connectivity index (χ0) is 32.3. The second-order valence-electron chi connectivity index (χ2n) is 16.7. The lowest BCUT2D eigenvalue weighted by atomic mass is 9.48. The number of fused-ring (bicyclic) bond motifs is 8. The highest BCUT2D eigenvalue weighted by atomic mass is 16.6. The Bertz CT molecular complexity index is 1030. The van der Waals surface area contributed by atoms with Gasteiger partial charge in [-0.3, -0.25) is 4.79 Å². The molecule has 0 aromatic heterocycles. The van der Waals surface area contributed by atoms with Crippen molar-refractivity contribution < 1.29 is 19.4 Å². The third kappa shape index (κ3) is 9.65. The minimum atomic E-state index is -0.395. The van der Waals surface area contributed by atoms with Gasteiger partial charge in [-0.05, 0) is 123 Å². The molecular formula is C43H68O4. The minimum absolute atomic E-state index is 0.0936. The van der Waals surface area contributed by atoms with Crippen molar-refractivity contribution >= 4 is 5.97 Å². The predicted molar refractivity (Wildman–Crippen MR) is 192 cm³/mol. The molecule has 4 nitrogen and oxygen atoms in total. The van der Waals surface area contributed by atoms with Crippen LogP contribution >= 0.6 is 0 Å². The number of hydrogen-bond acceptors (Lipinski definition) is 4. The molecule has 0 radical (unpaired) electrons. The first-order valence-electron chi connectivity index (χ1n) is 20.6. The van der Waals surface area contributed by atoms with Crippen LogP contribution in [0, 0.1) is 59.2 Å². The van der Waals surface area contributed by atoms with Crippen LogP contribution in [-0.4, -0.2) is 37.0 Å². The summed E-state index contributed by atoms with van der Waals surface area (Å²) in [6, 6.07) is 0. The van der Waals surface area contributed by atoms with E-state index in [0.717, 1.165) is 78.4 Å². The normalized spacial score (nSPS) is 35.5. The summed E-state index contributed by atoms with van der Waals surface area (Å²) in [5.41, 5.74) is 0. The van der Waals surface area contributed by atoms with Crippen LogP contribution in [0.25, 0.3) is 0 Å². The molecule has 0 spiro atoms. The predicted octanol–water partition coefficient (Wildman–Crippen LogP) is 10.4. The smallest absolute Gasteiger partial charge is 0.305 e. The third-order valence-corrected chi connectivity index (χ3v) is 13.8. The summed E-state index contributed by atoms with van der Waals surface area (Å²) in [4.78, 5) is 12.2. The van der Waals surface area contributed by atoms with Crippen LogP contribution < -0.4 is 0 Å². The second-order valence-corrected chi connectivity index (χ2v) is 16.7. The molecule has 4 heteroatoms. The number of ether oxygens (including phenoxy) is 2. The molecule has 3 fully saturated rings. The Morgan fingerprint density at radius 2 is 1.30 bits per heavy atom. The van der Waals surface area contributed by atoms with Crippen LogP contribution in [0.5, 0.6) is 0 Å². The Kier molecular flexibility index (Phi) is 14.0. The van der Waals surface area contributed by atoms with Crippen molar-refractivity contribution in [3.8, 4) is 0 Å². The molecule has 6 aliphatic rings. The maximum Gasteiger partial charge on any atom is 0.305 e. The van der Waals surface area contributed by atoms with Crippen LogP contribution in [0.15, 0.2) is 36.5 Å². The highest BCUT2D eigenvalue weighted by Crippen LogP contribution is 2.59. The molecule has 0 aromatic rings. The zero-order valence-corrected chi connectivity index (χ0v) is 29.7. The molecule has 3 saturated carbocycles. The number of allylic oxidation sites excluding steroid dienone is 6. The third-order valence-electron chi connectivity index (χ3n) is 13.8. The second kappa shape index (κ2) is 18.6. The standard InChI is InChI=1S/C43H68O4/c44-30-34(46-27-15-7-2-1-4-8-16-32-23-25-39-35-18-11-13-20-37(35)41(39)28-32)31-47-43(45)22-10-6-3-5-9-17-33-24-26-40-36-19-12-14-21-38(36)42(40)29-33/h11,14,18,21,24,26,32-42,44H,1-10,12-13,15-17,19-20,22-23,25,27-31H2/t32?,33?,34-,35?,36?,37?,38?,39?,40?,41?,42?/m0/s1. The van der Waals surface area contributed by atoms with Crippen molar-refractivity contribution in [1.29, 1.82) is 0 Å². The average molecular weight is 649 g/mol. The van der Waals surface area contributed by atoms with E-state index in [1.807, 2.05) is 0 Å². The van der Waals surface area contributed by atoms with Crippen molar-refractivity contribution in [3.63, 3.8) is 0 Å². The number of unbranched alkanes of at least 4 members (excludes halogenated alkanes) is 9. The van der Waals surface area contributed by atoms with Gasteiger partial charge >= 0.3 is 5.97 Å². The summed E-state index contributed by atoms with van der Waals surface area (Å²) in [7, 11) is 0. The SMILES string of the molecule is O=C(CCCCCCCC1C=CC2C3CCC=CC3C2C1)OC[C@H](CO)OCCCCCCCCC1CCC2C3C=CCCC3C2C1. The maximum atomic E-state index is 12.2. The summed E-state index contributed by atoms with van der Waals surface area (Å²) >= 11 is 0. The number of hydrogen-bond donors (Lipinski definition) is 1. The van der Waals surface area contributed by atoms with Gasteiger partial charge < -0.3 is 14.6 Å². The van der Waals surface area contributed by atoms with Gasteiger partial charge in [-0.15, -0.1) is 0 Å². The van der Waals surface area contributed by atoms with Crippen molar-refractivity contribution in [2.45, 2.75) is 147 Å². The van der Waals surface area contributed by atoms with Crippen molar-refractivity contribution in [1.82, 2.24) is 0 Å². The molecule has 10 unspecified atom stereocenters. The number of aliphatic hydroxyl groups is 1. The van der Waals surface area contributed by atoms with E-state index >= 15 is 0 Å². The van der Waals surface area contributed by atoms with E-state index in [2.05, 4.69) is 36.5 Å². The van der Waals surface area contributed by atoms with Gasteiger partial charge in [-0.1, -0.05) is 107 Å². The molecule has 47 heavy (non-hydrogen) atoms. The first-order chi connectivity index (χ1) is 23.2. The Morgan fingerprint density at radius 1 is 0.638 bits per heavy atom. The Labute approximate surface area is 287 Å². The molecule has 6 aliphatic carbocycles. The van der Waals surface area contributed by atoms with Gasteiger partial charge in [0.2, 0.25) is 0 Å². The lowest BCUT2D eigenvalue weighted by Gasteiger charge is -2.57. The zero-order valence-electron chi connectivity index (χ0n) is 29.7. The van der Waals surface area contributed by atoms with Crippen LogP contribution in [0.4, 0.5) is 0 Å². The lowest BCUT2D eigenvalue weighted by Crippen LogP contribution is -2.49. The molecule has 0 heterocycles. The highest BCUT2D eigenvalue weighted by molar-refractivity contribution is 5.69. The molecule has 11 atom stereocenters. The fraction of sp³-hybridized carbons (Fsp3) is 0.837. The van der Waals surface area contributed by atoms with Crippen LogP contribution in [0.1, 0.15) is 141 Å². The number of aliphatic hydroxyl groups excluding tert-OH is 1. The van der Waals surface area contributed by atoms with E-state index in [1.165, 1.54) is 116 Å². The van der Waals surface area contributed by atoms with Crippen LogP contribution in [0.3, 0.4) is 0 Å². The van der Waals surface area contributed by atoms with Gasteiger partial charge in [-0.25, -0.2) is 0 Å². The molecule has 0 aliphatic heterocycles. The number of carbonyl (C=O) groups is 1. The highest BCUT2D eigenvalue weighted by Gasteiger charge is 2.51. The van der Waals surface area contributed by atoms with E-state index < -0.39 is 6.10 Å². The van der Waals surface area contributed by atoms with Crippen molar-refractivity contribution in [2.24, 2.45) is 59.2 Å². The summed E-state index contributed by atoms with van der Waals surface area (Å²) in [5, 5.41) is 9.68. The summed E-state index contributed by atoms with van der Waals surface area (Å²) in [6.07, 6.45) is 42.6. The molecule has 0 saturated heterocycles. The van der Waals surface area contributed by atoms with Crippen LogP contribution in [0.2, 0.25) is 0 Å². The van der Waals surface area contributed by atoms with E-state index in [9.17, 15) is 9.90 Å². The molecule has 1 N–H and O–H groups in total. The summed E-state index contributed by atoms with van der Waals surface area (Å²) in [5.74, 6) is 9.30. The minimum Gasteiger partial charge on any atom is -0.463 e. The summed E-state index contributed by atoms with van der Waals surface area (Å²) < 4.78 is 11.3. The average Bonchev–Trinajstić information content (AvgIpc) is 3.09. The first-order valence-corrected chi connectivity index (χ1v) is 20.6. The van der Waals surface area contributed by atoms with Gasteiger partial charge in [0.05, 0.1) is 6.61 Å². The van der Waals surface area contributed by atoms with Crippen LogP contribution in [-0.2, 0) is 14.3 Å². The number of carbonyl (C=O) groups excluding carboxylic acids is 1. The fourth-order valence-electron chi connectivity index (χ4n) is 11.1. The molecule has 264 valence electrons. The maximum absolute atomic E-state index is 12.2. The molecule has 6 rings (SSSR count). The molecule has 0 aromatic carbocycles. The van der Waals surface area contributed by atoms with Crippen molar-refractivity contribution in [2.75, 3.05) is 19.8 Å². The van der Waals surface area contributed by atoms with Gasteiger partial charge in [0.15, 0.2) is 0 Å².